The van der Waals surface area contributed by atoms with E-state index in [1.54, 1.807) is 12.1 Å². The molecule has 0 radical (unpaired) electrons. The van der Waals surface area contributed by atoms with E-state index in [2.05, 4.69) is 27.5 Å². The molecule has 5 nitrogen and oxygen atoms in total. The van der Waals surface area contributed by atoms with Crippen LogP contribution in [0.4, 0.5) is 11.4 Å². The van der Waals surface area contributed by atoms with E-state index in [1.165, 1.54) is 6.07 Å². The zero-order valence-corrected chi connectivity index (χ0v) is 11.5. The lowest BCUT2D eigenvalue weighted by Crippen LogP contribution is -2.29. The van der Waals surface area contributed by atoms with Crippen LogP contribution < -0.4 is 4.90 Å². The molecule has 0 aliphatic carbocycles. The molecule has 1 aromatic carbocycles. The van der Waals surface area contributed by atoms with Crippen molar-refractivity contribution in [1.29, 1.82) is 0 Å². The van der Waals surface area contributed by atoms with Crippen molar-refractivity contribution < 1.29 is 10.0 Å². The lowest BCUT2D eigenvalue weighted by molar-refractivity contribution is -0.384. The van der Waals surface area contributed by atoms with E-state index in [0.29, 0.717) is 6.54 Å². The summed E-state index contributed by atoms with van der Waals surface area (Å²) in [5.74, 6) is 0. The third kappa shape index (κ3) is 2.68. The molecule has 1 aliphatic heterocycles. The first-order chi connectivity index (χ1) is 7.89. The van der Waals surface area contributed by atoms with Gasteiger partial charge in [0.05, 0.1) is 16.2 Å². The number of hydrogen-bond acceptors (Lipinski definition) is 4. The topological polar surface area (TPSA) is 66.6 Å². The fraction of sp³-hybridized carbons (Fsp3) is 0.455. The maximum Gasteiger partial charge on any atom is 0.270 e. The number of β-amino-alcohol motifs (C(OH)–C–C–N with tert-alkyl or cyclic N) is 1. The van der Waals surface area contributed by atoms with Gasteiger partial charge >= 0.3 is 0 Å². The van der Waals surface area contributed by atoms with Crippen LogP contribution in [0.2, 0.25) is 0 Å². The van der Waals surface area contributed by atoms with Gasteiger partial charge in [-0.05, 0) is 42.0 Å². The van der Waals surface area contributed by atoms with Crippen molar-refractivity contribution >= 4 is 34.0 Å². The second-order valence-electron chi connectivity index (χ2n) is 4.56. The molecule has 0 saturated carbocycles. The molecule has 1 unspecified atom stereocenters. The minimum Gasteiger partial charge on any atom is -0.388 e. The van der Waals surface area contributed by atoms with Gasteiger partial charge in [0.15, 0.2) is 0 Å². The van der Waals surface area contributed by atoms with Gasteiger partial charge in [-0.1, -0.05) is 0 Å². The smallest absolute Gasteiger partial charge is 0.270 e. The Morgan fingerprint density at radius 1 is 1.59 bits per heavy atom. The quantitative estimate of drug-likeness (QED) is 0.505. The van der Waals surface area contributed by atoms with Crippen LogP contribution in [0.5, 0.6) is 0 Å². The highest BCUT2D eigenvalue weighted by Gasteiger charge is 2.32. The molecule has 6 heteroatoms. The first kappa shape index (κ1) is 12.6. The number of anilines is 1. The second kappa shape index (κ2) is 4.41. The molecule has 1 heterocycles. The summed E-state index contributed by atoms with van der Waals surface area (Å²) in [5.41, 5.74) is 0.392. The fourth-order valence-electron chi connectivity index (χ4n) is 2.02. The van der Waals surface area contributed by atoms with Crippen LogP contribution in [0, 0.1) is 13.7 Å². The molecule has 17 heavy (non-hydrogen) atoms. The van der Waals surface area contributed by atoms with Crippen molar-refractivity contribution in [2.75, 3.05) is 18.0 Å². The van der Waals surface area contributed by atoms with Gasteiger partial charge in [0.1, 0.15) is 0 Å². The molecule has 0 amide bonds. The lowest BCUT2D eigenvalue weighted by atomic mass is 10.1. The van der Waals surface area contributed by atoms with E-state index in [4.69, 9.17) is 0 Å². The van der Waals surface area contributed by atoms with Gasteiger partial charge in [-0.25, -0.2) is 0 Å². The summed E-state index contributed by atoms with van der Waals surface area (Å²) in [6, 6.07) is 4.81. The summed E-state index contributed by atoms with van der Waals surface area (Å²) >= 11 is 2.09. The largest absolute Gasteiger partial charge is 0.388 e. The number of non-ortho nitro benzene ring substituents is 1. The molecule has 0 aromatic heterocycles. The minimum absolute atomic E-state index is 0.101. The van der Waals surface area contributed by atoms with E-state index in [0.717, 1.165) is 22.2 Å². The van der Waals surface area contributed by atoms with Gasteiger partial charge < -0.3 is 10.0 Å². The van der Waals surface area contributed by atoms with Crippen molar-refractivity contribution in [1.82, 2.24) is 0 Å². The van der Waals surface area contributed by atoms with Gasteiger partial charge in [-0.2, -0.15) is 0 Å². The third-order valence-corrected chi connectivity index (χ3v) is 3.80. The standard InChI is InChI=1S/C11H13IN2O3/c1-11(15)4-5-13(7-11)10-3-2-8(14(16)17)6-9(10)12/h2-3,6,15H,4-5,7H2,1H3. The molecule has 92 valence electrons. The van der Waals surface area contributed by atoms with E-state index in [1.807, 2.05) is 6.92 Å². The molecule has 1 atom stereocenters. The summed E-state index contributed by atoms with van der Waals surface area (Å²) in [7, 11) is 0. The number of nitro benzene ring substituents is 1. The number of nitro groups is 1. The van der Waals surface area contributed by atoms with Crippen LogP contribution >= 0.6 is 22.6 Å². The Balaban J connectivity index is 2.26. The van der Waals surface area contributed by atoms with Crippen LogP contribution in [0.25, 0.3) is 0 Å². The third-order valence-electron chi connectivity index (χ3n) is 2.93. The van der Waals surface area contributed by atoms with Crippen molar-refractivity contribution in [3.8, 4) is 0 Å². The molecule has 2 rings (SSSR count). The number of rotatable bonds is 2. The van der Waals surface area contributed by atoms with E-state index in [9.17, 15) is 15.2 Å². The molecular weight excluding hydrogens is 335 g/mol. The van der Waals surface area contributed by atoms with E-state index >= 15 is 0 Å². The molecule has 0 spiro atoms. The highest BCUT2D eigenvalue weighted by molar-refractivity contribution is 14.1. The molecule has 1 saturated heterocycles. The lowest BCUT2D eigenvalue weighted by Gasteiger charge is -2.21. The van der Waals surface area contributed by atoms with Gasteiger partial charge in [-0.3, -0.25) is 10.1 Å². The van der Waals surface area contributed by atoms with Crippen molar-refractivity contribution in [3.05, 3.63) is 31.9 Å². The molecule has 1 N–H and O–H groups in total. The van der Waals surface area contributed by atoms with Crippen LogP contribution in [-0.2, 0) is 0 Å². The molecule has 1 aromatic rings. The average molecular weight is 348 g/mol. The minimum atomic E-state index is -0.662. The maximum atomic E-state index is 10.6. The number of aliphatic hydroxyl groups is 1. The molecular formula is C11H13IN2O3. The van der Waals surface area contributed by atoms with Crippen LogP contribution in [0.1, 0.15) is 13.3 Å². The number of nitrogens with zero attached hydrogens (tertiary/aromatic N) is 2. The first-order valence-electron chi connectivity index (χ1n) is 5.30. The highest BCUT2D eigenvalue weighted by Crippen LogP contribution is 2.31. The number of halogens is 1. The van der Waals surface area contributed by atoms with Crippen LogP contribution in [0.3, 0.4) is 0 Å². The second-order valence-corrected chi connectivity index (χ2v) is 5.72. The zero-order valence-electron chi connectivity index (χ0n) is 9.39. The van der Waals surface area contributed by atoms with E-state index in [-0.39, 0.29) is 5.69 Å². The van der Waals surface area contributed by atoms with Crippen LogP contribution in [-0.4, -0.2) is 28.7 Å². The monoisotopic (exact) mass is 348 g/mol. The summed E-state index contributed by atoms with van der Waals surface area (Å²) in [5, 5.41) is 20.5. The molecule has 1 fully saturated rings. The average Bonchev–Trinajstić information content (AvgIpc) is 2.58. The normalized spacial score (nSPS) is 24.1. The van der Waals surface area contributed by atoms with Gasteiger partial charge in [0.2, 0.25) is 0 Å². The number of benzene rings is 1. The predicted molar refractivity (Wildman–Crippen MR) is 73.3 cm³/mol. The Bertz CT molecular complexity index is 462. The Morgan fingerprint density at radius 3 is 2.76 bits per heavy atom. The highest BCUT2D eigenvalue weighted by atomic mass is 127. The Morgan fingerprint density at radius 2 is 2.29 bits per heavy atom. The van der Waals surface area contributed by atoms with E-state index < -0.39 is 10.5 Å². The fourth-order valence-corrected chi connectivity index (χ4v) is 2.86. The van der Waals surface area contributed by atoms with Crippen molar-refractivity contribution in [2.24, 2.45) is 0 Å². The van der Waals surface area contributed by atoms with Crippen molar-refractivity contribution in [3.63, 3.8) is 0 Å². The Hall–Kier alpha value is -0.890. The molecule has 0 bridgehead atoms. The summed E-state index contributed by atoms with van der Waals surface area (Å²) < 4.78 is 0.842. The predicted octanol–water partition coefficient (Wildman–Crippen LogP) is 2.16. The summed E-state index contributed by atoms with van der Waals surface area (Å²) in [6.45, 7) is 3.16. The van der Waals surface area contributed by atoms with Crippen LogP contribution in [0.15, 0.2) is 18.2 Å². The Labute approximate surface area is 113 Å². The number of hydrogen-bond donors (Lipinski definition) is 1. The first-order valence-corrected chi connectivity index (χ1v) is 6.38. The van der Waals surface area contributed by atoms with Crippen molar-refractivity contribution in [2.45, 2.75) is 18.9 Å². The Kier molecular flexibility index (Phi) is 3.26. The maximum absolute atomic E-state index is 10.6. The molecule has 1 aliphatic rings. The summed E-state index contributed by atoms with van der Waals surface area (Å²) in [6.07, 6.45) is 0.722. The van der Waals surface area contributed by atoms with Gasteiger partial charge in [0.25, 0.3) is 5.69 Å². The zero-order chi connectivity index (χ0) is 12.6. The summed E-state index contributed by atoms with van der Waals surface area (Å²) in [4.78, 5) is 12.3. The SMILES string of the molecule is CC1(O)CCN(c2ccc([N+](=O)[O-])cc2I)C1. The van der Waals surface area contributed by atoms with Gasteiger partial charge in [-0.15, -0.1) is 0 Å². The van der Waals surface area contributed by atoms with Gasteiger partial charge in [0, 0.05) is 28.8 Å².